The van der Waals surface area contributed by atoms with E-state index in [1.54, 1.807) is 30.3 Å². The van der Waals surface area contributed by atoms with Gasteiger partial charge in [-0.15, -0.1) is 0 Å². The van der Waals surface area contributed by atoms with E-state index < -0.39 is 6.09 Å². The molecule has 0 saturated heterocycles. The molecule has 26 heavy (non-hydrogen) atoms. The Morgan fingerprint density at radius 2 is 1.73 bits per heavy atom. The normalized spacial score (nSPS) is 11.0. The molecule has 2 aliphatic heterocycles. The van der Waals surface area contributed by atoms with Crippen molar-refractivity contribution in [3.63, 3.8) is 0 Å². The molecule has 0 spiro atoms. The van der Waals surface area contributed by atoms with Crippen LogP contribution in [0.4, 0.5) is 10.5 Å². The highest BCUT2D eigenvalue weighted by atomic mass is 16.6. The van der Waals surface area contributed by atoms with Crippen LogP contribution in [-0.4, -0.2) is 6.09 Å². The molecule has 0 unspecified atom stereocenters. The zero-order chi connectivity index (χ0) is 18.6. The fourth-order valence-corrected chi connectivity index (χ4v) is 2.24. The summed E-state index contributed by atoms with van der Waals surface area (Å²) < 4.78 is 15.8. The molecule has 1 N–H and O–H groups in total. The second-order valence-electron chi connectivity index (χ2n) is 6.85. The van der Waals surface area contributed by atoms with E-state index in [4.69, 9.17) is 13.6 Å². The van der Waals surface area contributed by atoms with Crippen LogP contribution in [0.2, 0.25) is 0 Å². The SMILES string of the molecule is CC(C)(C)c1ccc(NC(=O)Oc2ccoccccc3oc=3c2)cc1. The number of anilines is 1. The van der Waals surface area contributed by atoms with Crippen LogP contribution in [0, 0.1) is 10.8 Å². The number of carbonyl (C=O) groups is 1. The van der Waals surface area contributed by atoms with Gasteiger partial charge in [-0.25, -0.2) is 4.79 Å². The summed E-state index contributed by atoms with van der Waals surface area (Å²) in [5, 5.41) is 2.71. The molecule has 2 aliphatic rings. The van der Waals surface area contributed by atoms with Crippen LogP contribution in [0.15, 0.2) is 76.0 Å². The maximum absolute atomic E-state index is 12.2. The highest BCUT2D eigenvalue weighted by Crippen LogP contribution is 2.23. The zero-order valence-electron chi connectivity index (χ0n) is 15.0. The number of rotatable bonds is 2. The van der Waals surface area contributed by atoms with Gasteiger partial charge in [0.2, 0.25) is 0 Å². The number of carbonyl (C=O) groups excluding carboxylic acids is 1. The number of hydrogen-bond donors (Lipinski definition) is 1. The molecule has 0 atom stereocenters. The van der Waals surface area contributed by atoms with Crippen molar-refractivity contribution in [3.05, 3.63) is 83.5 Å². The summed E-state index contributed by atoms with van der Waals surface area (Å²) in [6.45, 7) is 6.42. The average Bonchev–Trinajstić information content (AvgIpc) is 3.30. The van der Waals surface area contributed by atoms with Crippen molar-refractivity contribution in [1.82, 2.24) is 0 Å². The van der Waals surface area contributed by atoms with E-state index in [2.05, 4.69) is 26.1 Å². The van der Waals surface area contributed by atoms with Crippen LogP contribution in [0.1, 0.15) is 26.3 Å². The van der Waals surface area contributed by atoms with Crippen LogP contribution < -0.4 is 10.1 Å². The highest BCUT2D eigenvalue weighted by Gasteiger charge is 2.13. The molecule has 0 radical (unpaired) electrons. The van der Waals surface area contributed by atoms with Crippen LogP contribution in [0.25, 0.3) is 0 Å². The fourth-order valence-electron chi connectivity index (χ4n) is 2.24. The summed E-state index contributed by atoms with van der Waals surface area (Å²) >= 11 is 0. The molecule has 0 aromatic heterocycles. The molecule has 1 aromatic carbocycles. The van der Waals surface area contributed by atoms with E-state index in [1.807, 2.05) is 24.3 Å². The van der Waals surface area contributed by atoms with Crippen molar-refractivity contribution >= 4 is 11.8 Å². The minimum Gasteiger partial charge on any atom is -0.472 e. The van der Waals surface area contributed by atoms with Gasteiger partial charge < -0.3 is 13.6 Å². The third kappa shape index (κ3) is 4.89. The molecule has 5 nitrogen and oxygen atoms in total. The molecule has 134 valence electrons. The van der Waals surface area contributed by atoms with Crippen molar-refractivity contribution in [2.45, 2.75) is 26.2 Å². The number of amides is 1. The molecule has 3 rings (SSSR count). The Kier molecular flexibility index (Phi) is 4.98. The molecule has 0 aliphatic carbocycles. The molecule has 1 amide bonds. The van der Waals surface area contributed by atoms with Gasteiger partial charge in [-0.2, -0.15) is 0 Å². The fraction of sp³-hybridized carbons (Fsp3) is 0.190. The largest absolute Gasteiger partial charge is 0.472 e. The van der Waals surface area contributed by atoms with Crippen molar-refractivity contribution in [1.29, 1.82) is 0 Å². The Morgan fingerprint density at radius 3 is 2.46 bits per heavy atom. The Labute approximate surface area is 151 Å². The number of hydrogen-bond acceptors (Lipinski definition) is 4. The molecule has 2 heterocycles. The van der Waals surface area contributed by atoms with E-state index in [0.29, 0.717) is 16.9 Å². The predicted molar refractivity (Wildman–Crippen MR) is 98.7 cm³/mol. The van der Waals surface area contributed by atoms with Gasteiger partial charge in [-0.05, 0) is 35.2 Å². The number of benzene rings is 1. The van der Waals surface area contributed by atoms with Gasteiger partial charge in [0, 0.05) is 17.8 Å². The lowest BCUT2D eigenvalue weighted by Gasteiger charge is -2.19. The minimum absolute atomic E-state index is 0.0576. The van der Waals surface area contributed by atoms with Crippen LogP contribution in [0.5, 0.6) is 5.75 Å². The topological polar surface area (TPSA) is 64.6 Å². The smallest absolute Gasteiger partial charge is 0.417 e. The van der Waals surface area contributed by atoms with Crippen molar-refractivity contribution in [2.75, 3.05) is 5.32 Å². The maximum atomic E-state index is 12.2. The first-order valence-corrected chi connectivity index (χ1v) is 8.30. The summed E-state index contributed by atoms with van der Waals surface area (Å²) in [5.74, 6) is 0.308. The Balaban J connectivity index is 1.75. The lowest BCUT2D eigenvalue weighted by molar-refractivity contribution is 0.215. The molecular formula is C21H21NO4. The van der Waals surface area contributed by atoms with Gasteiger partial charge in [-0.1, -0.05) is 39.0 Å². The standard InChI is InChI=1S/C21H21NO4/c1-21(2,3)15-7-9-16(10-8-15)22-20(23)25-17-11-13-24-12-5-4-6-18-19(14-17)26-18/h4-14H,1-3H3,(H,22,23). The van der Waals surface area contributed by atoms with E-state index in [-0.39, 0.29) is 5.41 Å². The molecule has 0 saturated carbocycles. The van der Waals surface area contributed by atoms with Crippen LogP contribution in [-0.2, 0) is 5.41 Å². The second kappa shape index (κ2) is 7.35. The van der Waals surface area contributed by atoms with Gasteiger partial charge in [0.15, 0.2) is 10.8 Å². The molecule has 1 aromatic rings. The van der Waals surface area contributed by atoms with Crippen LogP contribution in [0.3, 0.4) is 0 Å². The number of nitrogens with one attached hydrogen (secondary N) is 1. The predicted octanol–water partition coefficient (Wildman–Crippen LogP) is 5.63. The minimum atomic E-state index is -0.590. The quantitative estimate of drug-likeness (QED) is 0.650. The van der Waals surface area contributed by atoms with E-state index in [9.17, 15) is 4.79 Å². The zero-order valence-corrected chi connectivity index (χ0v) is 15.0. The maximum Gasteiger partial charge on any atom is 0.417 e. The van der Waals surface area contributed by atoms with Gasteiger partial charge in [0.05, 0.1) is 12.5 Å². The van der Waals surface area contributed by atoms with Crippen LogP contribution >= 0.6 is 0 Å². The Morgan fingerprint density at radius 1 is 0.962 bits per heavy atom. The summed E-state index contributed by atoms with van der Waals surface area (Å²) in [5.41, 5.74) is 3.29. The first-order valence-electron chi connectivity index (χ1n) is 8.30. The van der Waals surface area contributed by atoms with Gasteiger partial charge in [0.25, 0.3) is 0 Å². The first kappa shape index (κ1) is 17.6. The summed E-state index contributed by atoms with van der Waals surface area (Å²) in [4.78, 5) is 12.2. The van der Waals surface area contributed by atoms with E-state index in [1.165, 1.54) is 18.1 Å². The monoisotopic (exact) mass is 351 g/mol. The average molecular weight is 351 g/mol. The molecule has 5 heteroatoms. The third-order valence-corrected chi connectivity index (χ3v) is 3.73. The van der Waals surface area contributed by atoms with Gasteiger partial charge in [-0.3, -0.25) is 5.32 Å². The third-order valence-electron chi connectivity index (χ3n) is 3.73. The number of ether oxygens (including phenoxy) is 1. The molecular weight excluding hydrogens is 330 g/mol. The molecule has 0 bridgehead atoms. The van der Waals surface area contributed by atoms with Gasteiger partial charge in [0.1, 0.15) is 5.75 Å². The molecule has 0 fully saturated rings. The lowest BCUT2D eigenvalue weighted by atomic mass is 9.87. The lowest BCUT2D eigenvalue weighted by Crippen LogP contribution is -2.17. The van der Waals surface area contributed by atoms with E-state index in [0.717, 1.165) is 5.42 Å². The summed E-state index contributed by atoms with van der Waals surface area (Å²) in [6, 6.07) is 16.2. The van der Waals surface area contributed by atoms with E-state index >= 15 is 0 Å². The first-order chi connectivity index (χ1) is 12.4. The van der Waals surface area contributed by atoms with Crippen molar-refractivity contribution in [3.8, 4) is 5.75 Å². The van der Waals surface area contributed by atoms with Gasteiger partial charge >= 0.3 is 6.09 Å². The Bertz CT molecular complexity index is 991. The summed E-state index contributed by atoms with van der Waals surface area (Å²) in [7, 11) is 0. The second-order valence-corrected chi connectivity index (χ2v) is 6.85. The Hall–Kier alpha value is -3.21. The van der Waals surface area contributed by atoms with Crippen molar-refractivity contribution in [2.24, 2.45) is 0 Å². The highest BCUT2D eigenvalue weighted by molar-refractivity contribution is 5.86. The van der Waals surface area contributed by atoms with Crippen molar-refractivity contribution < 1.29 is 18.4 Å². The summed E-state index contributed by atoms with van der Waals surface area (Å²) in [6.07, 6.45) is 2.35.